The van der Waals surface area contributed by atoms with Gasteiger partial charge in [0.1, 0.15) is 5.82 Å². The number of halogens is 4. The monoisotopic (exact) mass is 206 g/mol. The molecule has 78 valence electrons. The molecule has 0 aliphatic carbocycles. The quantitative estimate of drug-likeness (QED) is 0.645. The Kier molecular flexibility index (Phi) is 3.13. The van der Waals surface area contributed by atoms with Crippen molar-refractivity contribution < 1.29 is 17.6 Å². The first-order valence-electron chi connectivity index (χ1n) is 4.30. The summed E-state index contributed by atoms with van der Waals surface area (Å²) in [5.74, 6) is -0.570. The third-order valence-electron chi connectivity index (χ3n) is 1.89. The van der Waals surface area contributed by atoms with Gasteiger partial charge in [0.25, 0.3) is 0 Å². The zero-order chi connectivity index (χ0) is 10.8. The highest BCUT2D eigenvalue weighted by Crippen LogP contribution is 2.30. The fraction of sp³-hybridized carbons (Fsp3) is 0.400. The summed E-state index contributed by atoms with van der Waals surface area (Å²) in [6.45, 7) is 1.79. The molecule has 0 amide bonds. The summed E-state index contributed by atoms with van der Waals surface area (Å²) in [4.78, 5) is 0. The van der Waals surface area contributed by atoms with Crippen LogP contribution in [0.4, 0.5) is 17.6 Å². The van der Waals surface area contributed by atoms with Gasteiger partial charge in [-0.25, -0.2) is 4.39 Å². The Morgan fingerprint density at radius 2 is 1.86 bits per heavy atom. The van der Waals surface area contributed by atoms with Crippen LogP contribution in [0, 0.1) is 5.82 Å². The molecule has 1 aromatic carbocycles. The standard InChI is InChI=1S/C10H10F4/c1-2-3-7-6-8(10(12,13)14)4-5-9(7)11/h4-6H,2-3H2,1H3. The first-order chi connectivity index (χ1) is 6.45. The van der Waals surface area contributed by atoms with E-state index in [1.165, 1.54) is 0 Å². The lowest BCUT2D eigenvalue weighted by atomic mass is 10.1. The summed E-state index contributed by atoms with van der Waals surface area (Å²) >= 11 is 0. The van der Waals surface area contributed by atoms with E-state index in [0.717, 1.165) is 18.2 Å². The van der Waals surface area contributed by atoms with Gasteiger partial charge in [0, 0.05) is 0 Å². The molecule has 0 aliphatic rings. The van der Waals surface area contributed by atoms with E-state index in [-0.39, 0.29) is 5.56 Å². The van der Waals surface area contributed by atoms with Crippen LogP contribution in [0.1, 0.15) is 24.5 Å². The normalized spacial score (nSPS) is 11.8. The highest BCUT2D eigenvalue weighted by molar-refractivity contribution is 5.27. The Labute approximate surface area is 79.6 Å². The van der Waals surface area contributed by atoms with E-state index in [2.05, 4.69) is 0 Å². The van der Waals surface area contributed by atoms with Crippen molar-refractivity contribution in [3.8, 4) is 0 Å². The van der Waals surface area contributed by atoms with Gasteiger partial charge in [-0.15, -0.1) is 0 Å². The summed E-state index contributed by atoms with van der Waals surface area (Å²) in [6.07, 6.45) is -3.44. The molecule has 0 N–H and O–H groups in total. The van der Waals surface area contributed by atoms with Gasteiger partial charge < -0.3 is 0 Å². The average molecular weight is 206 g/mol. The highest BCUT2D eigenvalue weighted by Gasteiger charge is 2.30. The predicted octanol–water partition coefficient (Wildman–Crippen LogP) is 3.80. The average Bonchev–Trinajstić information content (AvgIpc) is 2.07. The molecule has 0 aliphatic heterocycles. The van der Waals surface area contributed by atoms with Crippen molar-refractivity contribution in [2.45, 2.75) is 25.9 Å². The van der Waals surface area contributed by atoms with E-state index < -0.39 is 17.6 Å². The van der Waals surface area contributed by atoms with Crippen molar-refractivity contribution in [3.63, 3.8) is 0 Å². The fourth-order valence-electron chi connectivity index (χ4n) is 1.21. The van der Waals surface area contributed by atoms with Gasteiger partial charge in [-0.05, 0) is 30.2 Å². The lowest BCUT2D eigenvalue weighted by Crippen LogP contribution is -2.06. The number of benzene rings is 1. The van der Waals surface area contributed by atoms with Crippen LogP contribution in [0.5, 0.6) is 0 Å². The van der Waals surface area contributed by atoms with Gasteiger partial charge in [0.2, 0.25) is 0 Å². The molecule has 0 fully saturated rings. The number of aryl methyl sites for hydroxylation is 1. The van der Waals surface area contributed by atoms with Crippen LogP contribution in [0.2, 0.25) is 0 Å². The van der Waals surface area contributed by atoms with E-state index in [9.17, 15) is 17.6 Å². The summed E-state index contributed by atoms with van der Waals surface area (Å²) in [5, 5.41) is 0. The number of hydrogen-bond acceptors (Lipinski definition) is 0. The topological polar surface area (TPSA) is 0 Å². The molecule has 1 rings (SSSR count). The van der Waals surface area contributed by atoms with Gasteiger partial charge in [-0.2, -0.15) is 13.2 Å². The molecule has 14 heavy (non-hydrogen) atoms. The van der Waals surface area contributed by atoms with Crippen molar-refractivity contribution in [3.05, 3.63) is 35.1 Å². The minimum absolute atomic E-state index is 0.127. The molecule has 0 atom stereocenters. The first kappa shape index (κ1) is 11.0. The third-order valence-corrected chi connectivity index (χ3v) is 1.89. The molecule has 0 nitrogen and oxygen atoms in total. The molecule has 0 bridgehead atoms. The maximum atomic E-state index is 13.0. The maximum absolute atomic E-state index is 13.0. The van der Waals surface area contributed by atoms with E-state index in [0.29, 0.717) is 12.8 Å². The summed E-state index contributed by atoms with van der Waals surface area (Å²) in [7, 11) is 0. The zero-order valence-corrected chi connectivity index (χ0v) is 7.66. The Bertz CT molecular complexity index is 314. The molecule has 0 aromatic heterocycles. The summed E-state index contributed by atoms with van der Waals surface area (Å²) in [6, 6.07) is 2.50. The smallest absolute Gasteiger partial charge is 0.207 e. The number of hydrogen-bond donors (Lipinski definition) is 0. The molecular weight excluding hydrogens is 196 g/mol. The second kappa shape index (κ2) is 3.98. The largest absolute Gasteiger partial charge is 0.416 e. The van der Waals surface area contributed by atoms with Crippen LogP contribution >= 0.6 is 0 Å². The molecule has 0 heterocycles. The van der Waals surface area contributed by atoms with E-state index >= 15 is 0 Å². The molecule has 4 heteroatoms. The summed E-state index contributed by atoms with van der Waals surface area (Å²) < 4.78 is 49.6. The third kappa shape index (κ3) is 2.47. The zero-order valence-electron chi connectivity index (χ0n) is 7.66. The molecule has 1 aromatic rings. The Balaban J connectivity index is 3.06. The molecule has 0 saturated carbocycles. The number of rotatable bonds is 2. The number of alkyl halides is 3. The van der Waals surface area contributed by atoms with Gasteiger partial charge in [-0.3, -0.25) is 0 Å². The SMILES string of the molecule is CCCc1cc(C(F)(F)F)ccc1F. The van der Waals surface area contributed by atoms with Gasteiger partial charge >= 0.3 is 6.18 Å². The first-order valence-corrected chi connectivity index (χ1v) is 4.30. The Morgan fingerprint density at radius 3 is 2.36 bits per heavy atom. The molecule has 0 saturated heterocycles. The van der Waals surface area contributed by atoms with Crippen molar-refractivity contribution >= 4 is 0 Å². The van der Waals surface area contributed by atoms with Gasteiger partial charge in [-0.1, -0.05) is 13.3 Å². The summed E-state index contributed by atoms with van der Waals surface area (Å²) in [5.41, 5.74) is -0.662. The minimum atomic E-state index is -4.39. The lowest BCUT2D eigenvalue weighted by molar-refractivity contribution is -0.137. The van der Waals surface area contributed by atoms with E-state index in [4.69, 9.17) is 0 Å². The van der Waals surface area contributed by atoms with Crippen molar-refractivity contribution in [1.82, 2.24) is 0 Å². The molecule has 0 radical (unpaired) electrons. The predicted molar refractivity (Wildman–Crippen MR) is 45.4 cm³/mol. The Hall–Kier alpha value is -1.06. The molecule has 0 unspecified atom stereocenters. The van der Waals surface area contributed by atoms with Crippen LogP contribution in [0.15, 0.2) is 18.2 Å². The fourth-order valence-corrected chi connectivity index (χ4v) is 1.21. The van der Waals surface area contributed by atoms with Gasteiger partial charge in [0.15, 0.2) is 0 Å². The van der Waals surface area contributed by atoms with Crippen molar-refractivity contribution in [1.29, 1.82) is 0 Å². The van der Waals surface area contributed by atoms with Crippen LogP contribution in [-0.4, -0.2) is 0 Å². The second-order valence-electron chi connectivity index (χ2n) is 3.05. The van der Waals surface area contributed by atoms with E-state index in [1.54, 1.807) is 6.92 Å². The van der Waals surface area contributed by atoms with Crippen LogP contribution in [0.3, 0.4) is 0 Å². The lowest BCUT2D eigenvalue weighted by Gasteiger charge is -2.08. The Morgan fingerprint density at radius 1 is 1.21 bits per heavy atom. The highest BCUT2D eigenvalue weighted by atomic mass is 19.4. The second-order valence-corrected chi connectivity index (χ2v) is 3.05. The minimum Gasteiger partial charge on any atom is -0.207 e. The van der Waals surface area contributed by atoms with Crippen LogP contribution < -0.4 is 0 Å². The van der Waals surface area contributed by atoms with Crippen molar-refractivity contribution in [2.75, 3.05) is 0 Å². The maximum Gasteiger partial charge on any atom is 0.416 e. The van der Waals surface area contributed by atoms with Crippen molar-refractivity contribution in [2.24, 2.45) is 0 Å². The molecular formula is C10H10F4. The van der Waals surface area contributed by atoms with Crippen LogP contribution in [-0.2, 0) is 12.6 Å². The van der Waals surface area contributed by atoms with Gasteiger partial charge in [0.05, 0.1) is 5.56 Å². The van der Waals surface area contributed by atoms with E-state index in [1.807, 2.05) is 0 Å². The molecule has 0 spiro atoms. The van der Waals surface area contributed by atoms with Crippen LogP contribution in [0.25, 0.3) is 0 Å².